The molecule has 0 radical (unpaired) electrons. The van der Waals surface area contributed by atoms with E-state index < -0.39 is 0 Å². The van der Waals surface area contributed by atoms with Gasteiger partial charge in [0, 0.05) is 17.9 Å². The van der Waals surface area contributed by atoms with Crippen LogP contribution in [0.25, 0.3) is 11.1 Å². The smallest absolute Gasteiger partial charge is 0.0397 e. The van der Waals surface area contributed by atoms with E-state index in [1.54, 1.807) is 0 Å². The van der Waals surface area contributed by atoms with E-state index in [4.69, 9.17) is 32.4 Å². The third-order valence-electron chi connectivity index (χ3n) is 7.15. The van der Waals surface area contributed by atoms with Crippen LogP contribution < -0.4 is 48.9 Å². The van der Waals surface area contributed by atoms with E-state index >= 15 is 0 Å². The molecular formula is C31H36IN4O2-. The molecule has 200 valence electrons. The first-order valence-electron chi connectivity index (χ1n) is 13.1. The van der Waals surface area contributed by atoms with Crippen molar-refractivity contribution in [3.8, 4) is 16.9 Å². The van der Waals surface area contributed by atoms with Gasteiger partial charge < -0.3 is 10.5 Å². The predicted molar refractivity (Wildman–Crippen MR) is 150 cm³/mol. The minimum absolute atomic E-state index is 0.00254. The molecule has 1 unspecified atom stereocenters. The van der Waals surface area contributed by atoms with Crippen LogP contribution in [0.5, 0.6) is 5.75 Å². The Hall–Kier alpha value is -3.01. The molecule has 1 heterocycles. The maximum Gasteiger partial charge on any atom is 0.0397 e. The van der Waals surface area contributed by atoms with Crippen LogP contribution in [0.15, 0.2) is 89.8 Å². The van der Waals surface area contributed by atoms with Gasteiger partial charge in [0.15, 0.2) is 0 Å². The minimum Gasteiger partial charge on any atom is -0.398 e. The summed E-state index contributed by atoms with van der Waals surface area (Å²) in [6.07, 6.45) is 4.84. The molecule has 1 fully saturated rings. The fourth-order valence-corrected chi connectivity index (χ4v) is 6.00. The van der Waals surface area contributed by atoms with E-state index in [-0.39, 0.29) is 35.3 Å². The summed E-state index contributed by atoms with van der Waals surface area (Å²) in [6, 6.07) is 22.9. The molecule has 0 aromatic heterocycles. The average Bonchev–Trinajstić information content (AvgIpc) is 3.63. The molecule has 6 nitrogen and oxygen atoms in total. The summed E-state index contributed by atoms with van der Waals surface area (Å²) in [7, 11) is 0. The number of nitrogens with two attached hydrogens (primary N) is 4. The summed E-state index contributed by atoms with van der Waals surface area (Å²) in [6.45, 7) is 3.26. The van der Waals surface area contributed by atoms with Crippen LogP contribution in [0.4, 0.5) is 5.69 Å². The molecular weight excluding hydrogens is 587 g/mol. The molecule has 0 spiro atoms. The van der Waals surface area contributed by atoms with Gasteiger partial charge in [-0.15, -0.1) is 0 Å². The summed E-state index contributed by atoms with van der Waals surface area (Å²) in [4.78, 5) is 0. The zero-order valence-electron chi connectivity index (χ0n) is 21.7. The van der Waals surface area contributed by atoms with Crippen LogP contribution in [0.2, 0.25) is 0 Å². The predicted octanol–water partition coefficient (Wildman–Crippen LogP) is 1.74. The molecule has 7 heteroatoms. The SMILES string of the molecule is CCOCc1ccc(-c2ccc(CCC3=CCC(c4ccc(O[C@@H]5[I-][C@H]5N)cc4)C(N)=C3N)cc2)c(N)c1. The Labute approximate surface area is 235 Å². The van der Waals surface area contributed by atoms with Crippen molar-refractivity contribution in [2.75, 3.05) is 12.3 Å². The van der Waals surface area contributed by atoms with E-state index in [1.165, 1.54) is 5.56 Å². The van der Waals surface area contributed by atoms with Crippen molar-refractivity contribution in [3.63, 3.8) is 0 Å². The standard InChI is InChI=1S/C31H36IN4O2/c1-2-37-18-20-6-15-25(27(33)17-20)21-7-3-19(4-8-21)5-9-23-12-16-26(29(35)28(23)34)22-10-13-24(14-11-22)38-31-30(36)32-31/h3-4,6-8,10-15,17,26,30-31H,2,5,9,16,18,33-36H2,1H3/q-1/t26?,30-,31-/m0/s1. The van der Waals surface area contributed by atoms with E-state index in [9.17, 15) is 0 Å². The minimum atomic E-state index is 0.00254. The van der Waals surface area contributed by atoms with Gasteiger partial charge in [-0.3, -0.25) is 0 Å². The third-order valence-corrected chi connectivity index (χ3v) is 9.54. The second-order valence-corrected chi connectivity index (χ2v) is 13.1. The molecule has 8 N–H and O–H groups in total. The summed E-state index contributed by atoms with van der Waals surface area (Å²) in [5.74, 6) is 0.967. The van der Waals surface area contributed by atoms with Gasteiger partial charge in [0.1, 0.15) is 0 Å². The molecule has 0 amide bonds. The molecule has 1 aliphatic heterocycles. The number of ether oxygens (including phenoxy) is 2. The van der Waals surface area contributed by atoms with Gasteiger partial charge in [0.05, 0.1) is 6.61 Å². The Morgan fingerprint density at radius 2 is 1.61 bits per heavy atom. The van der Waals surface area contributed by atoms with Gasteiger partial charge in [0.2, 0.25) is 0 Å². The number of hydrogen-bond donors (Lipinski definition) is 4. The number of anilines is 1. The van der Waals surface area contributed by atoms with E-state index in [1.807, 2.05) is 25.1 Å². The van der Waals surface area contributed by atoms with E-state index in [0.717, 1.165) is 64.2 Å². The number of alkyl halides is 2. The molecule has 1 saturated heterocycles. The van der Waals surface area contributed by atoms with Crippen molar-refractivity contribution in [3.05, 3.63) is 106 Å². The van der Waals surface area contributed by atoms with Crippen molar-refractivity contribution < 1.29 is 30.7 Å². The third kappa shape index (κ3) is 6.17. The van der Waals surface area contributed by atoms with Crippen LogP contribution >= 0.6 is 0 Å². The summed E-state index contributed by atoms with van der Waals surface area (Å²) in [5.41, 5.74) is 34.3. The molecule has 3 aromatic rings. The number of hydrogen-bond acceptors (Lipinski definition) is 6. The zero-order chi connectivity index (χ0) is 26.6. The molecule has 1 aliphatic carbocycles. The molecule has 3 aromatic carbocycles. The van der Waals surface area contributed by atoms with Crippen LogP contribution in [0.1, 0.15) is 42.4 Å². The number of nitrogen functional groups attached to an aromatic ring is 1. The molecule has 5 rings (SSSR count). The fraction of sp³-hybridized carbons (Fsp3) is 0.290. The van der Waals surface area contributed by atoms with Gasteiger partial charge in [-0.05, 0) is 29.7 Å². The van der Waals surface area contributed by atoms with Crippen LogP contribution in [0, 0.1) is 0 Å². The first kappa shape index (κ1) is 26.6. The fourth-order valence-electron chi connectivity index (χ4n) is 4.84. The van der Waals surface area contributed by atoms with Crippen LogP contribution in [-0.2, 0) is 17.8 Å². The van der Waals surface area contributed by atoms with Gasteiger partial charge in [-0.25, -0.2) is 0 Å². The van der Waals surface area contributed by atoms with E-state index in [0.29, 0.717) is 18.9 Å². The number of aryl methyl sites for hydroxylation is 1. The largest absolute Gasteiger partial charge is 0.398 e. The summed E-state index contributed by atoms with van der Waals surface area (Å²) in [5, 5.41) is 0. The maximum atomic E-state index is 6.55. The number of halogens is 1. The zero-order valence-corrected chi connectivity index (χ0v) is 23.9. The second-order valence-electron chi connectivity index (χ2n) is 9.75. The van der Waals surface area contributed by atoms with Crippen molar-refractivity contribution in [1.29, 1.82) is 0 Å². The first-order valence-corrected chi connectivity index (χ1v) is 15.6. The van der Waals surface area contributed by atoms with Gasteiger partial charge in [0.25, 0.3) is 0 Å². The van der Waals surface area contributed by atoms with Crippen LogP contribution in [-0.4, -0.2) is 14.8 Å². The Bertz CT molecular complexity index is 1330. The molecule has 2 aliphatic rings. The Morgan fingerprint density at radius 3 is 2.26 bits per heavy atom. The molecule has 3 atom stereocenters. The molecule has 0 bridgehead atoms. The van der Waals surface area contributed by atoms with Gasteiger partial charge in [-0.1, -0.05) is 36.4 Å². The molecule has 38 heavy (non-hydrogen) atoms. The Balaban J connectivity index is 1.18. The maximum absolute atomic E-state index is 6.55. The molecule has 0 saturated carbocycles. The summed E-state index contributed by atoms with van der Waals surface area (Å²) >= 11 is 0.00254. The average molecular weight is 624 g/mol. The Morgan fingerprint density at radius 1 is 0.895 bits per heavy atom. The van der Waals surface area contributed by atoms with Crippen LogP contribution in [0.3, 0.4) is 0 Å². The number of benzene rings is 3. The number of allylic oxidation sites excluding steroid dienone is 3. The van der Waals surface area contributed by atoms with Gasteiger partial charge >= 0.3 is 135 Å². The van der Waals surface area contributed by atoms with E-state index in [2.05, 4.69) is 54.6 Å². The quantitative estimate of drug-likeness (QED) is 0.118. The van der Waals surface area contributed by atoms with Crippen molar-refractivity contribution in [2.24, 2.45) is 17.2 Å². The van der Waals surface area contributed by atoms with Crippen molar-refractivity contribution in [1.82, 2.24) is 0 Å². The normalized spacial score (nSPS) is 21.0. The second kappa shape index (κ2) is 11.8. The monoisotopic (exact) mass is 623 g/mol. The first-order chi connectivity index (χ1) is 18.4. The summed E-state index contributed by atoms with van der Waals surface area (Å²) < 4.78 is 11.9. The van der Waals surface area contributed by atoms with Crippen molar-refractivity contribution in [2.45, 2.75) is 46.9 Å². The van der Waals surface area contributed by atoms with Crippen molar-refractivity contribution >= 4 is 5.69 Å². The van der Waals surface area contributed by atoms with Gasteiger partial charge in [-0.2, -0.15) is 0 Å². The topological polar surface area (TPSA) is 123 Å². The number of rotatable bonds is 10. The Kier molecular flexibility index (Phi) is 8.26.